The summed E-state index contributed by atoms with van der Waals surface area (Å²) in [5.41, 5.74) is 17.2. The lowest BCUT2D eigenvalue weighted by atomic mass is 9.91. The molecule has 0 radical (unpaired) electrons. The summed E-state index contributed by atoms with van der Waals surface area (Å²) < 4.78 is 28.4. The molecule has 12 nitrogen and oxygen atoms in total. The van der Waals surface area contributed by atoms with Gasteiger partial charge in [-0.2, -0.15) is 0 Å². The minimum atomic E-state index is 0.217. The molecule has 8 aromatic heterocycles. The molecule has 12 heteroatoms. The zero-order valence-corrected chi connectivity index (χ0v) is 46.0. The van der Waals surface area contributed by atoms with Crippen molar-refractivity contribution >= 4 is 0 Å². The second kappa shape index (κ2) is 25.0. The molecule has 0 unspecified atom stereocenters. The first kappa shape index (κ1) is 52.6. The predicted octanol–water partition coefficient (Wildman–Crippen LogP) is 14.5. The van der Waals surface area contributed by atoms with Gasteiger partial charge in [-0.1, -0.05) is 121 Å². The quantitative estimate of drug-likeness (QED) is 0.0909. The number of nitrogens with zero attached hydrogens (tertiary/aromatic N) is 8. The number of hydrogen-bond acceptors (Lipinski definition) is 12. The lowest BCUT2D eigenvalue weighted by Crippen LogP contribution is -2.10. The Balaban J connectivity index is 0.928. The molecule has 408 valence electrons. The van der Waals surface area contributed by atoms with Gasteiger partial charge in [0.05, 0.1) is 68.3 Å². The Morgan fingerprint density at radius 1 is 0.214 bits per heavy atom. The van der Waals surface area contributed by atoms with Crippen LogP contribution in [0, 0.1) is 0 Å². The Kier molecular flexibility index (Phi) is 15.6. The molecule has 0 amide bonds. The van der Waals surface area contributed by atoms with Gasteiger partial charge in [0.2, 0.25) is 0 Å². The number of hydrogen-bond donors (Lipinski definition) is 0. The zero-order chi connectivity index (χ0) is 56.3. The average molecular weight is 1100 g/mol. The number of para-hydroxylation sites is 4. The van der Waals surface area contributed by atoms with Gasteiger partial charge in [-0.25, -0.2) is 19.9 Å². The molecule has 0 fully saturated rings. The van der Waals surface area contributed by atoms with E-state index in [1.807, 2.05) is 146 Å². The van der Waals surface area contributed by atoms with Crippen LogP contribution in [0.5, 0.6) is 23.0 Å². The lowest BCUT2D eigenvalue weighted by molar-refractivity contribution is 0.289. The Hall–Kier alpha value is -10.7. The highest BCUT2D eigenvalue weighted by atomic mass is 16.5. The van der Waals surface area contributed by atoms with E-state index in [2.05, 4.69) is 92.7 Å². The third kappa shape index (κ3) is 12.3. The molecule has 8 heterocycles. The van der Waals surface area contributed by atoms with E-state index >= 15 is 0 Å². The second-order valence-corrected chi connectivity index (χ2v) is 20.4. The normalized spacial score (nSPS) is 11.8. The van der Waals surface area contributed by atoms with Crippen molar-refractivity contribution in [2.75, 3.05) is 0 Å². The molecule has 12 aromatic rings. The Morgan fingerprint density at radius 3 is 0.619 bits per heavy atom. The number of benzene rings is 4. The summed E-state index contributed by atoms with van der Waals surface area (Å²) in [4.78, 5) is 38.5. The van der Waals surface area contributed by atoms with Gasteiger partial charge in [-0.3, -0.25) is 19.9 Å². The predicted molar refractivity (Wildman–Crippen MR) is 324 cm³/mol. The summed E-state index contributed by atoms with van der Waals surface area (Å²) in [5.74, 6) is 3.05. The minimum Gasteiger partial charge on any atom is -0.487 e. The van der Waals surface area contributed by atoms with Gasteiger partial charge in [0.15, 0.2) is 0 Å². The van der Waals surface area contributed by atoms with Crippen LogP contribution in [0.15, 0.2) is 243 Å². The van der Waals surface area contributed by atoms with Crippen LogP contribution in [0.1, 0.15) is 67.3 Å². The molecule has 8 bridgehead atoms. The number of pyridine rings is 8. The summed E-state index contributed by atoms with van der Waals surface area (Å²) in [6.07, 6.45) is 9.07. The van der Waals surface area contributed by atoms with E-state index in [4.69, 9.17) is 38.9 Å². The van der Waals surface area contributed by atoms with Gasteiger partial charge in [-0.15, -0.1) is 0 Å². The smallest absolute Gasteiger partial charge is 0.130 e. The van der Waals surface area contributed by atoms with Crippen molar-refractivity contribution < 1.29 is 18.9 Å². The average Bonchev–Trinajstić information content (AvgIpc) is 3.68. The molecule has 13 rings (SSSR count). The Bertz CT molecular complexity index is 3600. The summed E-state index contributed by atoms with van der Waals surface area (Å²) in [7, 11) is 0. The molecule has 4 aromatic carbocycles. The highest BCUT2D eigenvalue weighted by Crippen LogP contribution is 2.40. The van der Waals surface area contributed by atoms with E-state index in [0.717, 1.165) is 136 Å². The fourth-order valence-electron chi connectivity index (χ4n) is 10.7. The molecule has 0 saturated heterocycles. The molecular weight excluding hydrogens is 1040 g/mol. The van der Waals surface area contributed by atoms with Crippen LogP contribution >= 0.6 is 0 Å². The van der Waals surface area contributed by atoms with Gasteiger partial charge in [-0.05, 0) is 142 Å². The fourth-order valence-corrected chi connectivity index (χ4v) is 10.7. The first-order chi connectivity index (χ1) is 41.6. The van der Waals surface area contributed by atoms with Crippen molar-refractivity contribution in [1.82, 2.24) is 39.9 Å². The molecule has 84 heavy (non-hydrogen) atoms. The molecule has 1 aliphatic carbocycles. The van der Waals surface area contributed by atoms with Crippen molar-refractivity contribution in [1.29, 1.82) is 0 Å². The van der Waals surface area contributed by atoms with Crippen molar-refractivity contribution in [2.45, 2.75) is 52.1 Å². The van der Waals surface area contributed by atoms with Crippen molar-refractivity contribution in [3.8, 4) is 68.5 Å². The van der Waals surface area contributed by atoms with Crippen LogP contribution in [0.2, 0.25) is 0 Å². The van der Waals surface area contributed by atoms with Crippen LogP contribution in [-0.2, 0) is 52.1 Å². The van der Waals surface area contributed by atoms with Gasteiger partial charge >= 0.3 is 0 Å². The highest BCUT2D eigenvalue weighted by molar-refractivity contribution is 5.59. The molecule has 0 atom stereocenters. The van der Waals surface area contributed by atoms with Crippen LogP contribution in [0.25, 0.3) is 45.6 Å². The van der Waals surface area contributed by atoms with Crippen LogP contribution in [0.4, 0.5) is 0 Å². The molecular formula is C72H56N8O4. The largest absolute Gasteiger partial charge is 0.487 e. The molecule has 1 aliphatic rings. The van der Waals surface area contributed by atoms with E-state index in [1.165, 1.54) is 0 Å². The summed E-state index contributed by atoms with van der Waals surface area (Å²) in [6.45, 7) is 0.867. The Morgan fingerprint density at radius 2 is 0.417 bits per heavy atom. The van der Waals surface area contributed by atoms with Crippen LogP contribution in [0.3, 0.4) is 0 Å². The third-order valence-corrected chi connectivity index (χ3v) is 14.6. The molecule has 0 saturated carbocycles. The van der Waals surface area contributed by atoms with Crippen molar-refractivity contribution in [2.24, 2.45) is 0 Å². The first-order valence-electron chi connectivity index (χ1n) is 28.0. The third-order valence-electron chi connectivity index (χ3n) is 14.6. The Labute approximate surface area is 487 Å². The maximum atomic E-state index is 7.11. The van der Waals surface area contributed by atoms with Gasteiger partial charge < -0.3 is 18.9 Å². The summed E-state index contributed by atoms with van der Waals surface area (Å²) in [5, 5.41) is 0. The minimum absolute atomic E-state index is 0.217. The maximum absolute atomic E-state index is 7.11. The van der Waals surface area contributed by atoms with Gasteiger partial charge in [0.1, 0.15) is 49.4 Å². The van der Waals surface area contributed by atoms with Crippen LogP contribution in [-0.4, -0.2) is 39.9 Å². The van der Waals surface area contributed by atoms with Crippen molar-refractivity contribution in [3.63, 3.8) is 0 Å². The summed E-state index contributed by atoms with van der Waals surface area (Å²) >= 11 is 0. The number of aromatic nitrogens is 8. The molecule has 0 aliphatic heterocycles. The van der Waals surface area contributed by atoms with Crippen LogP contribution < -0.4 is 18.9 Å². The lowest BCUT2D eigenvalue weighted by Gasteiger charge is -2.23. The summed E-state index contributed by atoms with van der Waals surface area (Å²) in [6, 6.07) is 72.9. The van der Waals surface area contributed by atoms with E-state index in [9.17, 15) is 0 Å². The first-order valence-corrected chi connectivity index (χ1v) is 28.0. The monoisotopic (exact) mass is 1100 g/mol. The number of rotatable bonds is 16. The SMILES string of the molecule is c1ccc(-c2cccc(COc3c4cccc3Cc3cccc(c3OCc3cccc(-c5ccccn5)n3)Cc3cccc(c3OCc3cccc(-c5ccccn5)n3)Cc3cccc(c3OCc3cccc(-c5ccccn5)n3)C4)n2)nc1. The maximum Gasteiger partial charge on any atom is 0.130 e. The van der Waals surface area contributed by atoms with E-state index in [1.54, 1.807) is 24.8 Å². The fraction of sp³-hybridized carbons (Fsp3) is 0.111. The topological polar surface area (TPSA) is 140 Å². The van der Waals surface area contributed by atoms with Gasteiger partial charge in [0, 0.05) is 50.5 Å². The number of fused-ring (bicyclic) bond motifs is 8. The molecule has 0 spiro atoms. The standard InChI is InChI=1S/C72H56N8O4/c1-5-37-73-61(29-1)65-33-13-25-57(77-65)45-81-69-49-17-9-18-50(69)42-52-20-11-22-54(71(52)83-47-59-27-15-35-67(79-59)63-31-3-7-39-75-63)44-56-24-12-23-55(72(56)84-48-60-28-16-36-68(80-60)64-32-4-8-40-76-64)43-53-21-10-19-51(41-49)70(53)82-46-58-26-14-34-66(78-58)62-30-2-6-38-74-62/h1-40H,41-48H2. The second-order valence-electron chi connectivity index (χ2n) is 20.4. The van der Waals surface area contributed by atoms with E-state index < -0.39 is 0 Å². The van der Waals surface area contributed by atoms with E-state index in [-0.39, 0.29) is 26.4 Å². The molecule has 0 N–H and O–H groups in total. The van der Waals surface area contributed by atoms with Gasteiger partial charge in [0.25, 0.3) is 0 Å². The van der Waals surface area contributed by atoms with Crippen molar-refractivity contribution in [3.05, 3.63) is 310 Å². The van der Waals surface area contributed by atoms with E-state index in [0.29, 0.717) is 25.7 Å². The highest BCUT2D eigenvalue weighted by Gasteiger charge is 2.23. The zero-order valence-electron chi connectivity index (χ0n) is 46.0. The number of ether oxygens (including phenoxy) is 4.